The third kappa shape index (κ3) is 5.34. The summed E-state index contributed by atoms with van der Waals surface area (Å²) < 4.78 is 80.1. The first-order chi connectivity index (χ1) is 15.3. The van der Waals surface area contributed by atoms with Crippen LogP contribution in [0, 0.1) is 6.92 Å². The topological polar surface area (TPSA) is 71.3 Å². The van der Waals surface area contributed by atoms with Gasteiger partial charge in [0.15, 0.2) is 0 Å². The van der Waals surface area contributed by atoms with Gasteiger partial charge in [0.1, 0.15) is 16.4 Å². The highest BCUT2D eigenvalue weighted by molar-refractivity contribution is 7.99. The van der Waals surface area contributed by atoms with Crippen LogP contribution in [-0.2, 0) is 23.6 Å². The van der Waals surface area contributed by atoms with Crippen LogP contribution < -0.4 is 10.6 Å². The molecule has 33 heavy (non-hydrogen) atoms. The van der Waals surface area contributed by atoms with Crippen LogP contribution in [0.4, 0.5) is 37.7 Å². The van der Waals surface area contributed by atoms with E-state index in [-0.39, 0.29) is 34.8 Å². The van der Waals surface area contributed by atoms with Crippen molar-refractivity contribution in [3.05, 3.63) is 47.0 Å². The number of imidazole rings is 1. The van der Waals surface area contributed by atoms with Crippen molar-refractivity contribution < 1.29 is 31.1 Å². The third-order valence-electron chi connectivity index (χ3n) is 4.59. The number of carbonyl (C=O) groups is 1. The predicted molar refractivity (Wildman–Crippen MR) is 112 cm³/mol. The van der Waals surface area contributed by atoms with Gasteiger partial charge in [-0.15, -0.1) is 11.8 Å². The molecule has 0 atom stereocenters. The Hall–Kier alpha value is -2.96. The summed E-state index contributed by atoms with van der Waals surface area (Å²) in [6.45, 7) is 3.16. The van der Waals surface area contributed by atoms with Crippen LogP contribution in [0.5, 0.6) is 0 Å². The maximum atomic E-state index is 13.1. The van der Waals surface area contributed by atoms with Gasteiger partial charge >= 0.3 is 12.4 Å². The highest BCUT2D eigenvalue weighted by Crippen LogP contribution is 2.35. The summed E-state index contributed by atoms with van der Waals surface area (Å²) >= 11 is 1.20. The van der Waals surface area contributed by atoms with Crippen molar-refractivity contribution in [2.75, 3.05) is 23.4 Å². The van der Waals surface area contributed by atoms with Crippen molar-refractivity contribution in [1.82, 2.24) is 14.4 Å². The second kappa shape index (κ2) is 9.12. The van der Waals surface area contributed by atoms with Crippen molar-refractivity contribution >= 4 is 34.7 Å². The van der Waals surface area contributed by atoms with Crippen LogP contribution in [-0.4, -0.2) is 33.1 Å². The van der Waals surface area contributed by atoms with Crippen LogP contribution in [0.3, 0.4) is 0 Å². The summed E-state index contributed by atoms with van der Waals surface area (Å²) in [5.41, 5.74) is -1.46. The molecule has 0 aliphatic rings. The van der Waals surface area contributed by atoms with Gasteiger partial charge in [0.2, 0.25) is 5.91 Å². The quantitative estimate of drug-likeness (QED) is 0.357. The number of carbonyl (C=O) groups excluding carboxylic acids is 1. The molecule has 2 N–H and O–H groups in total. The monoisotopic (exact) mass is 491 g/mol. The van der Waals surface area contributed by atoms with Crippen molar-refractivity contribution in [3.8, 4) is 0 Å². The molecule has 0 fully saturated rings. The van der Waals surface area contributed by atoms with Gasteiger partial charge < -0.3 is 10.6 Å². The number of halogens is 6. The first kappa shape index (κ1) is 24.7. The number of pyridine rings is 2. The van der Waals surface area contributed by atoms with Gasteiger partial charge in [0.25, 0.3) is 0 Å². The van der Waals surface area contributed by atoms with Crippen molar-refractivity contribution in [2.24, 2.45) is 0 Å². The van der Waals surface area contributed by atoms with Gasteiger partial charge in [-0.2, -0.15) is 26.3 Å². The number of aromatic nitrogens is 3. The Morgan fingerprint density at radius 2 is 1.82 bits per heavy atom. The lowest BCUT2D eigenvalue weighted by Crippen LogP contribution is -2.18. The van der Waals surface area contributed by atoms with Crippen LogP contribution in [0.1, 0.15) is 29.6 Å². The Balaban J connectivity index is 1.96. The van der Waals surface area contributed by atoms with E-state index < -0.39 is 29.5 Å². The van der Waals surface area contributed by atoms with Crippen molar-refractivity contribution in [2.45, 2.75) is 37.6 Å². The van der Waals surface area contributed by atoms with E-state index in [1.54, 1.807) is 6.92 Å². The van der Waals surface area contributed by atoms with E-state index in [0.29, 0.717) is 10.8 Å². The summed E-state index contributed by atoms with van der Waals surface area (Å²) in [4.78, 5) is 20.5. The van der Waals surface area contributed by atoms with Crippen LogP contribution in [0.15, 0.2) is 29.4 Å². The number of alkyl halides is 6. The summed E-state index contributed by atoms with van der Waals surface area (Å²) in [6, 6.07) is 2.81. The second-order valence-electron chi connectivity index (χ2n) is 6.93. The maximum absolute atomic E-state index is 13.1. The fourth-order valence-electron chi connectivity index (χ4n) is 3.22. The molecule has 0 spiro atoms. The minimum atomic E-state index is -4.71. The van der Waals surface area contributed by atoms with Gasteiger partial charge in [0.05, 0.1) is 34.7 Å². The van der Waals surface area contributed by atoms with E-state index in [1.165, 1.54) is 36.2 Å². The molecule has 0 aliphatic heterocycles. The van der Waals surface area contributed by atoms with Gasteiger partial charge in [-0.05, 0) is 30.9 Å². The number of hydrogen-bond acceptors (Lipinski definition) is 5. The molecular formula is C20H19F6N5OS. The van der Waals surface area contributed by atoms with Gasteiger partial charge in [-0.1, -0.05) is 6.92 Å². The third-order valence-corrected chi connectivity index (χ3v) is 5.59. The zero-order valence-electron chi connectivity index (χ0n) is 17.6. The first-order valence-electron chi connectivity index (χ1n) is 9.62. The molecule has 6 nitrogen and oxygen atoms in total. The second-order valence-corrected chi connectivity index (χ2v) is 8.18. The fourth-order valence-corrected chi connectivity index (χ4v) is 4.07. The molecule has 0 saturated carbocycles. The molecule has 0 unspecified atom stereocenters. The number of thioether (sulfide) groups is 1. The lowest BCUT2D eigenvalue weighted by Gasteiger charge is -2.16. The highest BCUT2D eigenvalue weighted by atomic mass is 32.2. The average Bonchev–Trinajstić information content (AvgIpc) is 3.03. The van der Waals surface area contributed by atoms with E-state index in [0.717, 1.165) is 18.3 Å². The number of aryl methyl sites for hydroxylation is 1. The smallest absolute Gasteiger partial charge is 0.385 e. The lowest BCUT2D eigenvalue weighted by molar-refractivity contribution is -0.141. The zero-order valence-corrected chi connectivity index (χ0v) is 18.5. The molecule has 178 valence electrons. The Morgan fingerprint density at radius 1 is 1.12 bits per heavy atom. The fraction of sp³-hybridized carbons (Fsp3) is 0.350. The molecular weight excluding hydrogens is 472 g/mol. The number of nitrogens with zero attached hydrogens (tertiary/aromatic N) is 3. The molecule has 0 aromatic carbocycles. The Kier molecular flexibility index (Phi) is 6.82. The molecule has 3 heterocycles. The van der Waals surface area contributed by atoms with E-state index in [2.05, 4.69) is 20.6 Å². The molecule has 3 rings (SSSR count). The first-order valence-corrected chi connectivity index (χ1v) is 10.6. The molecule has 1 amide bonds. The minimum Gasteiger partial charge on any atom is -0.385 e. The number of hydrogen-bond donors (Lipinski definition) is 2. The van der Waals surface area contributed by atoms with E-state index in [9.17, 15) is 31.1 Å². The summed E-state index contributed by atoms with van der Waals surface area (Å²) in [7, 11) is 1.48. The Morgan fingerprint density at radius 3 is 2.39 bits per heavy atom. The van der Waals surface area contributed by atoms with E-state index in [1.807, 2.05) is 0 Å². The van der Waals surface area contributed by atoms with Gasteiger partial charge in [-0.3, -0.25) is 9.20 Å². The highest BCUT2D eigenvalue weighted by Gasteiger charge is 2.34. The number of nitrogens with one attached hydrogen (secondary N) is 2. The van der Waals surface area contributed by atoms with Gasteiger partial charge in [-0.25, -0.2) is 9.97 Å². The number of amides is 1. The summed E-state index contributed by atoms with van der Waals surface area (Å²) in [6.07, 6.45) is -8.71. The van der Waals surface area contributed by atoms with Crippen molar-refractivity contribution in [1.29, 1.82) is 0 Å². The normalized spacial score (nSPS) is 12.3. The number of anilines is 2. The van der Waals surface area contributed by atoms with Crippen molar-refractivity contribution in [3.63, 3.8) is 0 Å². The predicted octanol–water partition coefficient (Wildman–Crippen LogP) is 5.41. The Bertz CT molecular complexity index is 1190. The minimum absolute atomic E-state index is 0.0391. The number of fused-ring (bicyclic) bond motifs is 1. The molecule has 0 bridgehead atoms. The summed E-state index contributed by atoms with van der Waals surface area (Å²) in [5.74, 6) is -0.177. The molecule has 0 radical (unpaired) electrons. The molecule has 0 aliphatic carbocycles. The van der Waals surface area contributed by atoms with Crippen LogP contribution >= 0.6 is 11.8 Å². The average molecular weight is 491 g/mol. The van der Waals surface area contributed by atoms with Gasteiger partial charge in [0, 0.05) is 13.2 Å². The van der Waals surface area contributed by atoms with Crippen LogP contribution in [0.25, 0.3) is 5.65 Å². The SMILES string of the molecule is CCSc1c(CC(=O)Nc2cc(C(F)(F)F)nc(C)c2NC)nc2ccc(C(F)(F)F)cn12. The van der Waals surface area contributed by atoms with Crippen LogP contribution in [0.2, 0.25) is 0 Å². The Labute approximate surface area is 188 Å². The maximum Gasteiger partial charge on any atom is 0.433 e. The summed E-state index contributed by atoms with van der Waals surface area (Å²) in [5, 5.41) is 5.49. The lowest BCUT2D eigenvalue weighted by atomic mass is 10.2. The zero-order chi connectivity index (χ0) is 24.6. The largest absolute Gasteiger partial charge is 0.433 e. The van der Waals surface area contributed by atoms with E-state index in [4.69, 9.17) is 0 Å². The standard InChI is InChI=1S/C20H19F6N5OS/c1-4-33-18-13(29-15-6-5-11(9-31(15)18)19(21,22)23)8-16(32)30-12-7-14(20(24,25)26)28-10(2)17(12)27-3/h5-7,9,27H,4,8H2,1-3H3,(H,28,30,32). The number of rotatable bonds is 6. The molecule has 13 heteroatoms. The molecule has 3 aromatic heterocycles. The molecule has 3 aromatic rings. The van der Waals surface area contributed by atoms with E-state index >= 15 is 0 Å². The molecule has 0 saturated heterocycles.